The van der Waals surface area contributed by atoms with Gasteiger partial charge in [-0.2, -0.15) is 18.3 Å². The van der Waals surface area contributed by atoms with Crippen molar-refractivity contribution in [3.8, 4) is 11.3 Å². The molecule has 0 unspecified atom stereocenters. The molecular weight excluding hydrogens is 499 g/mol. The summed E-state index contributed by atoms with van der Waals surface area (Å²) in [5.74, 6) is -0.431. The number of alkyl halides is 3. The lowest BCUT2D eigenvalue weighted by atomic mass is 10.0. The molecule has 5 aromatic rings. The molecule has 33 heavy (non-hydrogen) atoms. The molecule has 2 aromatic carbocycles. The summed E-state index contributed by atoms with van der Waals surface area (Å²) in [6, 6.07) is 16.8. The fourth-order valence-corrected chi connectivity index (χ4v) is 3.78. The number of carbonyl (C=O) groups excluding carboxylic acids is 1. The van der Waals surface area contributed by atoms with Gasteiger partial charge in [-0.1, -0.05) is 42.5 Å². The summed E-state index contributed by atoms with van der Waals surface area (Å²) < 4.78 is 43.1. The van der Waals surface area contributed by atoms with Crippen LogP contribution in [-0.2, 0) is 6.18 Å². The van der Waals surface area contributed by atoms with E-state index in [2.05, 4.69) is 36.3 Å². The Hall–Kier alpha value is -3.79. The zero-order valence-corrected chi connectivity index (χ0v) is 18.2. The van der Waals surface area contributed by atoms with Crippen molar-refractivity contribution in [1.29, 1.82) is 0 Å². The predicted octanol–water partition coefficient (Wildman–Crippen LogP) is 5.98. The number of benzene rings is 2. The summed E-state index contributed by atoms with van der Waals surface area (Å²) in [6.07, 6.45) is -2.16. The zero-order valence-electron chi connectivity index (χ0n) is 16.6. The van der Waals surface area contributed by atoms with Crippen molar-refractivity contribution in [2.45, 2.75) is 6.18 Å². The molecule has 6 nitrogen and oxygen atoms in total. The van der Waals surface area contributed by atoms with Crippen LogP contribution in [0.25, 0.3) is 27.7 Å². The maximum atomic E-state index is 13.9. The largest absolute Gasteiger partial charge is 0.433 e. The summed E-state index contributed by atoms with van der Waals surface area (Å²) in [4.78, 5) is 21.3. The van der Waals surface area contributed by atoms with E-state index in [0.29, 0.717) is 14.6 Å². The minimum atomic E-state index is -4.71. The van der Waals surface area contributed by atoms with E-state index in [4.69, 9.17) is 0 Å². The number of nitrogens with zero attached hydrogens (tertiary/aromatic N) is 4. The van der Waals surface area contributed by atoms with Gasteiger partial charge in [-0.25, -0.2) is 14.5 Å². The lowest BCUT2D eigenvalue weighted by Crippen LogP contribution is -2.16. The fraction of sp³-hybridized carbons (Fsp3) is 0.0435. The number of carbonyl (C=O) groups is 1. The van der Waals surface area contributed by atoms with Gasteiger partial charge >= 0.3 is 6.18 Å². The van der Waals surface area contributed by atoms with Crippen LogP contribution in [0.2, 0.25) is 0 Å². The Morgan fingerprint density at radius 3 is 2.55 bits per heavy atom. The molecule has 0 aliphatic carbocycles. The fourth-order valence-electron chi connectivity index (χ4n) is 3.55. The second kappa shape index (κ2) is 7.96. The summed E-state index contributed by atoms with van der Waals surface area (Å²) in [7, 11) is 0. The van der Waals surface area contributed by atoms with E-state index in [9.17, 15) is 18.0 Å². The molecule has 0 fully saturated rings. The SMILES string of the molecule is O=C(Nc1ccc(Br)cn1)c1cnn2c(C(F)(F)F)cc(-c3cccc4ccccc34)nc12. The summed E-state index contributed by atoms with van der Waals surface area (Å²) in [5, 5.41) is 7.97. The van der Waals surface area contributed by atoms with Gasteiger partial charge in [-0.3, -0.25) is 4.79 Å². The van der Waals surface area contributed by atoms with Crippen molar-refractivity contribution in [2.24, 2.45) is 0 Å². The number of nitrogens with one attached hydrogen (secondary N) is 1. The maximum Gasteiger partial charge on any atom is 0.433 e. The van der Waals surface area contributed by atoms with E-state index in [0.717, 1.165) is 23.0 Å². The Balaban J connectivity index is 1.69. The summed E-state index contributed by atoms with van der Waals surface area (Å²) in [6.45, 7) is 0. The lowest BCUT2D eigenvalue weighted by Gasteiger charge is -2.13. The van der Waals surface area contributed by atoms with Crippen molar-refractivity contribution in [2.75, 3.05) is 5.32 Å². The highest BCUT2D eigenvalue weighted by Crippen LogP contribution is 2.35. The van der Waals surface area contributed by atoms with E-state index in [1.165, 1.54) is 6.20 Å². The zero-order chi connectivity index (χ0) is 23.2. The average Bonchev–Trinajstić information content (AvgIpc) is 3.23. The van der Waals surface area contributed by atoms with Crippen molar-refractivity contribution in [1.82, 2.24) is 19.6 Å². The van der Waals surface area contributed by atoms with Crippen LogP contribution in [0.5, 0.6) is 0 Å². The highest BCUT2D eigenvalue weighted by Gasteiger charge is 2.36. The second-order valence-corrected chi connectivity index (χ2v) is 8.08. The van der Waals surface area contributed by atoms with E-state index in [-0.39, 0.29) is 22.7 Å². The molecule has 0 aliphatic heterocycles. The van der Waals surface area contributed by atoms with Crippen molar-refractivity contribution in [3.63, 3.8) is 0 Å². The predicted molar refractivity (Wildman–Crippen MR) is 121 cm³/mol. The van der Waals surface area contributed by atoms with Crippen LogP contribution in [0.3, 0.4) is 0 Å². The van der Waals surface area contributed by atoms with E-state index in [1.807, 2.05) is 24.3 Å². The topological polar surface area (TPSA) is 72.2 Å². The Morgan fingerprint density at radius 1 is 1.00 bits per heavy atom. The standard InChI is InChI=1S/C23H13BrF3N5O/c24-14-8-9-20(28-11-14)31-22(33)17-12-29-32-19(23(25,26)27)10-18(30-21(17)32)16-7-3-5-13-4-1-2-6-15(13)16/h1-12H,(H,28,31,33). The number of aromatic nitrogens is 4. The first-order valence-electron chi connectivity index (χ1n) is 9.68. The molecule has 3 heterocycles. The maximum absolute atomic E-state index is 13.9. The van der Waals surface area contributed by atoms with Crippen LogP contribution in [0.1, 0.15) is 16.1 Å². The summed E-state index contributed by atoms with van der Waals surface area (Å²) in [5.41, 5.74) is -0.739. The lowest BCUT2D eigenvalue weighted by molar-refractivity contribution is -0.142. The average molecular weight is 512 g/mol. The monoisotopic (exact) mass is 511 g/mol. The first-order valence-corrected chi connectivity index (χ1v) is 10.5. The van der Waals surface area contributed by atoms with Gasteiger partial charge in [0, 0.05) is 16.2 Å². The van der Waals surface area contributed by atoms with Crippen LogP contribution < -0.4 is 5.32 Å². The van der Waals surface area contributed by atoms with Crippen LogP contribution in [-0.4, -0.2) is 25.5 Å². The number of amides is 1. The number of hydrogen-bond donors (Lipinski definition) is 1. The highest BCUT2D eigenvalue weighted by atomic mass is 79.9. The van der Waals surface area contributed by atoms with Crippen LogP contribution >= 0.6 is 15.9 Å². The van der Waals surface area contributed by atoms with Crippen molar-refractivity contribution >= 4 is 44.1 Å². The van der Waals surface area contributed by atoms with Gasteiger partial charge in [0.2, 0.25) is 0 Å². The molecule has 0 aliphatic rings. The minimum Gasteiger partial charge on any atom is -0.306 e. The first-order chi connectivity index (χ1) is 15.8. The van der Waals surface area contributed by atoms with Crippen LogP contribution in [0.4, 0.5) is 19.0 Å². The first kappa shape index (κ1) is 21.1. The molecule has 0 saturated carbocycles. The molecule has 0 radical (unpaired) electrons. The van der Waals surface area contributed by atoms with Gasteiger partial charge in [0.15, 0.2) is 11.3 Å². The van der Waals surface area contributed by atoms with E-state index in [1.54, 1.807) is 30.3 Å². The smallest absolute Gasteiger partial charge is 0.306 e. The number of hydrogen-bond acceptors (Lipinski definition) is 4. The highest BCUT2D eigenvalue weighted by molar-refractivity contribution is 9.10. The Labute approximate surface area is 193 Å². The van der Waals surface area contributed by atoms with Crippen molar-refractivity contribution in [3.05, 3.63) is 88.8 Å². The molecule has 164 valence electrons. The third-order valence-electron chi connectivity index (χ3n) is 5.04. The van der Waals surface area contributed by atoms with Gasteiger partial charge in [-0.15, -0.1) is 0 Å². The number of rotatable bonds is 3. The quantitative estimate of drug-likeness (QED) is 0.323. The molecule has 1 amide bonds. The molecule has 10 heteroatoms. The molecular formula is C23H13BrF3N5O. The van der Waals surface area contributed by atoms with Gasteiger partial charge in [0.1, 0.15) is 11.4 Å². The number of anilines is 1. The molecule has 0 spiro atoms. The molecule has 3 aromatic heterocycles. The Kier molecular flexibility index (Phi) is 5.09. The Bertz CT molecular complexity index is 1510. The molecule has 0 atom stereocenters. The van der Waals surface area contributed by atoms with E-state index >= 15 is 0 Å². The number of fused-ring (bicyclic) bond motifs is 2. The third kappa shape index (κ3) is 3.93. The van der Waals surface area contributed by atoms with Gasteiger partial charge in [-0.05, 0) is 44.9 Å². The minimum absolute atomic E-state index is 0.0861. The van der Waals surface area contributed by atoms with Gasteiger partial charge < -0.3 is 5.32 Å². The number of halogens is 4. The normalized spacial score (nSPS) is 11.8. The van der Waals surface area contributed by atoms with Gasteiger partial charge in [0.05, 0.1) is 11.9 Å². The van der Waals surface area contributed by atoms with Crippen molar-refractivity contribution < 1.29 is 18.0 Å². The molecule has 0 bridgehead atoms. The Morgan fingerprint density at radius 2 is 1.79 bits per heavy atom. The van der Waals surface area contributed by atoms with Crippen LogP contribution in [0, 0.1) is 0 Å². The second-order valence-electron chi connectivity index (χ2n) is 7.16. The van der Waals surface area contributed by atoms with E-state index < -0.39 is 17.8 Å². The van der Waals surface area contributed by atoms with Gasteiger partial charge in [0.25, 0.3) is 5.91 Å². The third-order valence-corrected chi connectivity index (χ3v) is 5.51. The summed E-state index contributed by atoms with van der Waals surface area (Å²) >= 11 is 3.25. The van der Waals surface area contributed by atoms with Crippen LogP contribution in [0.15, 0.2) is 77.5 Å². The molecule has 1 N–H and O–H groups in total. The molecule has 0 saturated heterocycles. The number of pyridine rings is 1. The molecule has 5 rings (SSSR count).